The molecule has 6 nitrogen and oxygen atoms in total. The summed E-state index contributed by atoms with van der Waals surface area (Å²) in [5.74, 6) is -0.408. The van der Waals surface area contributed by atoms with Gasteiger partial charge in [0.15, 0.2) is 0 Å². The molecule has 1 aromatic carbocycles. The zero-order chi connectivity index (χ0) is 15.0. The Morgan fingerprint density at radius 3 is 2.90 bits per heavy atom. The minimum absolute atomic E-state index is 0.112. The molecule has 1 aromatic heterocycles. The van der Waals surface area contributed by atoms with Crippen LogP contribution >= 0.6 is 0 Å². The average Bonchev–Trinajstić information content (AvgIpc) is 2.84. The molecule has 0 saturated carbocycles. The van der Waals surface area contributed by atoms with Crippen molar-refractivity contribution in [1.29, 1.82) is 5.26 Å². The van der Waals surface area contributed by atoms with E-state index in [1.165, 1.54) is 17.0 Å². The van der Waals surface area contributed by atoms with Gasteiger partial charge in [-0.2, -0.15) is 10.4 Å². The third-order valence-corrected chi connectivity index (χ3v) is 3.46. The Balaban J connectivity index is 2.09. The van der Waals surface area contributed by atoms with Gasteiger partial charge in [-0.1, -0.05) is 12.1 Å². The summed E-state index contributed by atoms with van der Waals surface area (Å²) in [6, 6.07) is 7.91. The van der Waals surface area contributed by atoms with Crippen molar-refractivity contribution in [2.24, 2.45) is 0 Å². The third-order valence-electron chi connectivity index (χ3n) is 3.46. The van der Waals surface area contributed by atoms with Gasteiger partial charge in [-0.3, -0.25) is 4.68 Å². The van der Waals surface area contributed by atoms with Crippen molar-refractivity contribution in [3.63, 3.8) is 0 Å². The van der Waals surface area contributed by atoms with Crippen molar-refractivity contribution >= 4 is 6.09 Å². The first kappa shape index (κ1) is 13.1. The Labute approximate surface area is 119 Å². The van der Waals surface area contributed by atoms with E-state index >= 15 is 0 Å². The predicted molar refractivity (Wildman–Crippen MR) is 70.8 cm³/mol. The normalized spacial score (nSPS) is 13.6. The molecule has 0 unspecified atom stereocenters. The SMILES string of the molecule is N#Cc1c(-c2cccc(F)c2)nn2c1CN(C(=O)O)CC2. The van der Waals surface area contributed by atoms with Crippen LogP contribution in [-0.2, 0) is 13.1 Å². The molecule has 0 atom stereocenters. The van der Waals surface area contributed by atoms with Crippen LogP contribution in [0.15, 0.2) is 24.3 Å². The van der Waals surface area contributed by atoms with E-state index in [0.29, 0.717) is 35.6 Å². The number of carbonyl (C=O) groups is 1. The first-order chi connectivity index (χ1) is 10.1. The summed E-state index contributed by atoms with van der Waals surface area (Å²) in [5, 5.41) is 22.7. The van der Waals surface area contributed by atoms with E-state index in [1.807, 2.05) is 0 Å². The van der Waals surface area contributed by atoms with Gasteiger partial charge in [0.2, 0.25) is 0 Å². The van der Waals surface area contributed by atoms with Crippen molar-refractivity contribution in [2.45, 2.75) is 13.1 Å². The molecule has 3 rings (SSSR count). The van der Waals surface area contributed by atoms with Crippen LogP contribution in [0, 0.1) is 17.1 Å². The molecule has 1 N–H and O–H groups in total. The molecule has 1 aliphatic heterocycles. The lowest BCUT2D eigenvalue weighted by Crippen LogP contribution is -2.37. The number of nitrogens with zero attached hydrogens (tertiary/aromatic N) is 4. The molecule has 7 heteroatoms. The van der Waals surface area contributed by atoms with Gasteiger partial charge < -0.3 is 10.0 Å². The van der Waals surface area contributed by atoms with Crippen LogP contribution in [0.3, 0.4) is 0 Å². The highest BCUT2D eigenvalue weighted by Crippen LogP contribution is 2.28. The Hall–Kier alpha value is -2.88. The van der Waals surface area contributed by atoms with Crippen LogP contribution in [0.4, 0.5) is 9.18 Å². The fourth-order valence-corrected chi connectivity index (χ4v) is 2.44. The molecule has 2 aromatic rings. The van der Waals surface area contributed by atoms with E-state index in [0.717, 1.165) is 0 Å². The maximum atomic E-state index is 13.3. The van der Waals surface area contributed by atoms with Gasteiger partial charge in [0.05, 0.1) is 18.8 Å². The molecule has 106 valence electrons. The molecule has 1 aliphatic rings. The second-order valence-corrected chi connectivity index (χ2v) is 4.72. The van der Waals surface area contributed by atoms with Crippen LogP contribution in [0.1, 0.15) is 11.3 Å². The fourth-order valence-electron chi connectivity index (χ4n) is 2.44. The standard InChI is InChI=1S/C14H11FN4O2/c15-10-3-1-2-9(6-10)13-11(7-16)12-8-18(14(20)21)4-5-19(12)17-13/h1-3,6H,4-5,8H2,(H,20,21). The lowest BCUT2D eigenvalue weighted by Gasteiger charge is -2.24. The number of fused-ring (bicyclic) bond motifs is 1. The number of hydrogen-bond acceptors (Lipinski definition) is 3. The maximum absolute atomic E-state index is 13.3. The molecule has 0 saturated heterocycles. The molecule has 21 heavy (non-hydrogen) atoms. The van der Waals surface area contributed by atoms with Crippen LogP contribution < -0.4 is 0 Å². The number of nitriles is 1. The van der Waals surface area contributed by atoms with Crippen LogP contribution in [0.25, 0.3) is 11.3 Å². The number of aromatic nitrogens is 2. The Morgan fingerprint density at radius 1 is 1.43 bits per heavy atom. The second-order valence-electron chi connectivity index (χ2n) is 4.72. The summed E-state index contributed by atoms with van der Waals surface area (Å²) in [4.78, 5) is 12.3. The third kappa shape index (κ3) is 2.21. The number of hydrogen-bond donors (Lipinski definition) is 1. The molecule has 2 heterocycles. The van der Waals surface area contributed by atoms with E-state index in [2.05, 4.69) is 11.2 Å². The summed E-state index contributed by atoms with van der Waals surface area (Å²) < 4.78 is 15.0. The maximum Gasteiger partial charge on any atom is 0.407 e. The molecule has 0 spiro atoms. The largest absolute Gasteiger partial charge is 0.465 e. The van der Waals surface area contributed by atoms with E-state index in [-0.39, 0.29) is 6.54 Å². The Kier molecular flexibility index (Phi) is 3.06. The van der Waals surface area contributed by atoms with Gasteiger partial charge in [-0.05, 0) is 12.1 Å². The first-order valence-electron chi connectivity index (χ1n) is 6.33. The monoisotopic (exact) mass is 286 g/mol. The van der Waals surface area contributed by atoms with Crippen molar-refractivity contribution in [3.8, 4) is 17.3 Å². The van der Waals surface area contributed by atoms with E-state index in [4.69, 9.17) is 5.11 Å². The molecule has 1 amide bonds. The van der Waals surface area contributed by atoms with Crippen molar-refractivity contribution in [2.75, 3.05) is 6.54 Å². The number of halogens is 1. The summed E-state index contributed by atoms with van der Waals surface area (Å²) in [7, 11) is 0. The highest BCUT2D eigenvalue weighted by molar-refractivity contribution is 5.69. The predicted octanol–water partition coefficient (Wildman–Crippen LogP) is 2.05. The summed E-state index contributed by atoms with van der Waals surface area (Å²) in [5.41, 5.74) is 1.74. The molecule has 0 radical (unpaired) electrons. The lowest BCUT2D eigenvalue weighted by molar-refractivity contribution is 0.131. The van der Waals surface area contributed by atoms with Gasteiger partial charge >= 0.3 is 6.09 Å². The van der Waals surface area contributed by atoms with Gasteiger partial charge in [0, 0.05) is 12.1 Å². The quantitative estimate of drug-likeness (QED) is 0.869. The zero-order valence-corrected chi connectivity index (χ0v) is 11.0. The number of benzene rings is 1. The summed E-state index contributed by atoms with van der Waals surface area (Å²) in [6.45, 7) is 0.809. The minimum Gasteiger partial charge on any atom is -0.465 e. The van der Waals surface area contributed by atoms with Gasteiger partial charge in [0.25, 0.3) is 0 Å². The number of amides is 1. The van der Waals surface area contributed by atoms with Gasteiger partial charge in [0.1, 0.15) is 23.1 Å². The van der Waals surface area contributed by atoms with Gasteiger partial charge in [-0.15, -0.1) is 0 Å². The van der Waals surface area contributed by atoms with Crippen molar-refractivity contribution in [3.05, 3.63) is 41.3 Å². The molecule has 0 fully saturated rings. The number of carboxylic acid groups (broad SMARTS) is 1. The fraction of sp³-hybridized carbons (Fsp3) is 0.214. The zero-order valence-electron chi connectivity index (χ0n) is 11.0. The molecular formula is C14H11FN4O2. The smallest absolute Gasteiger partial charge is 0.407 e. The summed E-state index contributed by atoms with van der Waals surface area (Å²) >= 11 is 0. The van der Waals surface area contributed by atoms with E-state index in [9.17, 15) is 14.4 Å². The number of rotatable bonds is 1. The van der Waals surface area contributed by atoms with Crippen LogP contribution in [0.5, 0.6) is 0 Å². The van der Waals surface area contributed by atoms with Crippen LogP contribution in [0.2, 0.25) is 0 Å². The van der Waals surface area contributed by atoms with Crippen LogP contribution in [-0.4, -0.2) is 32.4 Å². The topological polar surface area (TPSA) is 82.2 Å². The molecule has 0 aliphatic carbocycles. The average molecular weight is 286 g/mol. The summed E-state index contributed by atoms with van der Waals surface area (Å²) in [6.07, 6.45) is -1.03. The van der Waals surface area contributed by atoms with Gasteiger partial charge in [-0.25, -0.2) is 9.18 Å². The van der Waals surface area contributed by atoms with Crippen molar-refractivity contribution in [1.82, 2.24) is 14.7 Å². The highest BCUT2D eigenvalue weighted by atomic mass is 19.1. The Morgan fingerprint density at radius 2 is 2.24 bits per heavy atom. The highest BCUT2D eigenvalue weighted by Gasteiger charge is 2.27. The first-order valence-corrected chi connectivity index (χ1v) is 6.33. The second kappa shape index (κ2) is 4.90. The van der Waals surface area contributed by atoms with E-state index < -0.39 is 11.9 Å². The molecule has 0 bridgehead atoms. The minimum atomic E-state index is -1.03. The Bertz CT molecular complexity index is 763. The van der Waals surface area contributed by atoms with E-state index in [1.54, 1.807) is 16.8 Å². The molecular weight excluding hydrogens is 275 g/mol. The lowest BCUT2D eigenvalue weighted by atomic mass is 10.1. The van der Waals surface area contributed by atoms with Crippen molar-refractivity contribution < 1.29 is 14.3 Å².